The summed E-state index contributed by atoms with van der Waals surface area (Å²) in [5.74, 6) is 0.398. The van der Waals surface area contributed by atoms with Crippen LogP contribution in [0.4, 0.5) is 5.82 Å². The summed E-state index contributed by atoms with van der Waals surface area (Å²) in [4.78, 5) is 12.6. The van der Waals surface area contributed by atoms with Gasteiger partial charge >= 0.3 is 0 Å². The van der Waals surface area contributed by atoms with Crippen molar-refractivity contribution in [2.24, 2.45) is 0 Å². The van der Waals surface area contributed by atoms with Gasteiger partial charge in [-0.2, -0.15) is 5.10 Å². The summed E-state index contributed by atoms with van der Waals surface area (Å²) in [6.45, 7) is 0. The Labute approximate surface area is 162 Å². The molecule has 132 valence electrons. The van der Waals surface area contributed by atoms with Gasteiger partial charge in [-0.15, -0.1) is 0 Å². The molecule has 0 spiro atoms. The van der Waals surface area contributed by atoms with Crippen LogP contribution in [-0.4, -0.2) is 15.7 Å². The predicted octanol–water partition coefficient (Wildman–Crippen LogP) is 5.45. The van der Waals surface area contributed by atoms with Crippen molar-refractivity contribution in [1.82, 2.24) is 9.78 Å². The number of rotatable bonds is 4. The summed E-state index contributed by atoms with van der Waals surface area (Å²) < 4.78 is 1.72. The van der Waals surface area contributed by atoms with Crippen LogP contribution in [0.15, 0.2) is 91.0 Å². The van der Waals surface area contributed by atoms with Gasteiger partial charge in [0.25, 0.3) is 5.91 Å². The number of carbonyl (C=O) groups excluding carboxylic acids is 1. The Hall–Kier alpha value is -3.37. The van der Waals surface area contributed by atoms with Gasteiger partial charge < -0.3 is 5.32 Å². The molecule has 4 aromatic rings. The maximum Gasteiger partial charge on any atom is 0.256 e. The van der Waals surface area contributed by atoms with Crippen molar-refractivity contribution in [3.8, 4) is 16.9 Å². The van der Waals surface area contributed by atoms with Crippen molar-refractivity contribution in [3.63, 3.8) is 0 Å². The lowest BCUT2D eigenvalue weighted by Gasteiger charge is -2.08. The van der Waals surface area contributed by atoms with Crippen molar-refractivity contribution >= 4 is 23.3 Å². The molecule has 4 rings (SSSR count). The number of benzene rings is 3. The van der Waals surface area contributed by atoms with E-state index in [0.29, 0.717) is 16.4 Å². The first-order valence-corrected chi connectivity index (χ1v) is 8.86. The van der Waals surface area contributed by atoms with E-state index >= 15 is 0 Å². The fourth-order valence-corrected chi connectivity index (χ4v) is 2.99. The lowest BCUT2D eigenvalue weighted by Crippen LogP contribution is -2.14. The molecule has 0 aliphatic carbocycles. The SMILES string of the molecule is O=C(Nc1cc(-c2cccc(Cl)c2)nn1-c1ccccc1)c1ccccc1. The first kappa shape index (κ1) is 17.1. The lowest BCUT2D eigenvalue weighted by atomic mass is 10.1. The highest BCUT2D eigenvalue weighted by Crippen LogP contribution is 2.27. The molecule has 27 heavy (non-hydrogen) atoms. The highest BCUT2D eigenvalue weighted by Gasteiger charge is 2.14. The van der Waals surface area contributed by atoms with E-state index in [0.717, 1.165) is 16.9 Å². The summed E-state index contributed by atoms with van der Waals surface area (Å²) >= 11 is 6.12. The molecule has 0 aliphatic heterocycles. The first-order valence-electron chi connectivity index (χ1n) is 8.48. The van der Waals surface area contributed by atoms with Gasteiger partial charge in [0.1, 0.15) is 5.82 Å². The number of carbonyl (C=O) groups is 1. The number of nitrogens with one attached hydrogen (secondary N) is 1. The van der Waals surface area contributed by atoms with E-state index < -0.39 is 0 Å². The molecule has 1 N–H and O–H groups in total. The molecular formula is C22H16ClN3O. The molecule has 5 heteroatoms. The third kappa shape index (κ3) is 3.76. The number of hydrogen-bond acceptors (Lipinski definition) is 2. The van der Waals surface area contributed by atoms with Crippen LogP contribution >= 0.6 is 11.6 Å². The van der Waals surface area contributed by atoms with Crippen molar-refractivity contribution in [1.29, 1.82) is 0 Å². The lowest BCUT2D eigenvalue weighted by molar-refractivity contribution is 0.102. The van der Waals surface area contributed by atoms with Crippen molar-refractivity contribution in [2.45, 2.75) is 0 Å². The Morgan fingerprint density at radius 2 is 1.56 bits per heavy atom. The normalized spacial score (nSPS) is 10.6. The summed E-state index contributed by atoms with van der Waals surface area (Å²) in [5, 5.41) is 8.28. The fourth-order valence-electron chi connectivity index (χ4n) is 2.80. The minimum Gasteiger partial charge on any atom is -0.306 e. The molecule has 0 saturated carbocycles. The number of hydrogen-bond donors (Lipinski definition) is 1. The summed E-state index contributed by atoms with van der Waals surface area (Å²) in [6.07, 6.45) is 0. The maximum absolute atomic E-state index is 12.6. The molecule has 0 atom stereocenters. The van der Waals surface area contributed by atoms with Gasteiger partial charge in [-0.05, 0) is 36.4 Å². The van der Waals surface area contributed by atoms with Gasteiger partial charge in [-0.25, -0.2) is 4.68 Å². The number of para-hydroxylation sites is 1. The fraction of sp³-hybridized carbons (Fsp3) is 0. The van der Waals surface area contributed by atoms with Gasteiger partial charge in [0.15, 0.2) is 0 Å². The zero-order chi connectivity index (χ0) is 18.6. The molecule has 1 aromatic heterocycles. The molecule has 3 aromatic carbocycles. The number of halogens is 1. The second kappa shape index (κ2) is 7.48. The van der Waals surface area contributed by atoms with E-state index in [2.05, 4.69) is 10.4 Å². The van der Waals surface area contributed by atoms with Crippen LogP contribution in [0.5, 0.6) is 0 Å². The number of nitrogens with zero attached hydrogens (tertiary/aromatic N) is 2. The average molecular weight is 374 g/mol. The number of anilines is 1. The van der Waals surface area contributed by atoms with Crippen molar-refractivity contribution in [3.05, 3.63) is 102 Å². The number of aromatic nitrogens is 2. The second-order valence-electron chi connectivity index (χ2n) is 5.99. The van der Waals surface area contributed by atoms with E-state index in [1.807, 2.05) is 78.9 Å². The van der Waals surface area contributed by atoms with Crippen LogP contribution in [0.25, 0.3) is 16.9 Å². The molecule has 0 bridgehead atoms. The standard InChI is InChI=1S/C22H16ClN3O/c23-18-11-7-10-17(14-18)20-15-21(24-22(27)16-8-3-1-4-9-16)26(25-20)19-12-5-2-6-13-19/h1-15H,(H,24,27). The molecule has 0 radical (unpaired) electrons. The molecule has 1 amide bonds. The maximum atomic E-state index is 12.6. The van der Waals surface area contributed by atoms with E-state index in [4.69, 9.17) is 11.6 Å². The molecule has 4 nitrogen and oxygen atoms in total. The van der Waals surface area contributed by atoms with Crippen LogP contribution in [0.1, 0.15) is 10.4 Å². The van der Waals surface area contributed by atoms with Crippen LogP contribution in [0.3, 0.4) is 0 Å². The molecule has 0 saturated heterocycles. The third-order valence-electron chi connectivity index (χ3n) is 4.11. The van der Waals surface area contributed by atoms with Gasteiger partial charge in [-0.3, -0.25) is 4.79 Å². The highest BCUT2D eigenvalue weighted by atomic mass is 35.5. The smallest absolute Gasteiger partial charge is 0.256 e. The average Bonchev–Trinajstić information content (AvgIpc) is 3.13. The molecule has 0 fully saturated rings. The molecule has 0 aliphatic rings. The minimum absolute atomic E-state index is 0.190. The van der Waals surface area contributed by atoms with Crippen LogP contribution in [-0.2, 0) is 0 Å². The van der Waals surface area contributed by atoms with E-state index in [1.54, 1.807) is 16.8 Å². The topological polar surface area (TPSA) is 46.9 Å². The zero-order valence-corrected chi connectivity index (χ0v) is 15.1. The Morgan fingerprint density at radius 3 is 2.26 bits per heavy atom. The van der Waals surface area contributed by atoms with Crippen LogP contribution in [0.2, 0.25) is 5.02 Å². The summed E-state index contributed by atoms with van der Waals surface area (Å²) in [5.41, 5.74) is 3.05. The highest BCUT2D eigenvalue weighted by molar-refractivity contribution is 6.30. The summed E-state index contributed by atoms with van der Waals surface area (Å²) in [6, 6.07) is 28.1. The van der Waals surface area contributed by atoms with Gasteiger partial charge in [-0.1, -0.05) is 60.1 Å². The Balaban J connectivity index is 1.76. The van der Waals surface area contributed by atoms with Gasteiger partial charge in [0.05, 0.1) is 11.4 Å². The van der Waals surface area contributed by atoms with Crippen molar-refractivity contribution in [2.75, 3.05) is 5.32 Å². The quantitative estimate of drug-likeness (QED) is 0.517. The van der Waals surface area contributed by atoms with Gasteiger partial charge in [0, 0.05) is 22.2 Å². The Bertz CT molecular complexity index is 1080. The zero-order valence-electron chi connectivity index (χ0n) is 14.3. The first-order chi connectivity index (χ1) is 13.2. The van der Waals surface area contributed by atoms with E-state index in [9.17, 15) is 4.79 Å². The largest absolute Gasteiger partial charge is 0.306 e. The van der Waals surface area contributed by atoms with Crippen LogP contribution in [0, 0.1) is 0 Å². The van der Waals surface area contributed by atoms with Crippen LogP contribution < -0.4 is 5.32 Å². The molecular weight excluding hydrogens is 358 g/mol. The van der Waals surface area contributed by atoms with E-state index in [1.165, 1.54) is 0 Å². The monoisotopic (exact) mass is 373 g/mol. The second-order valence-corrected chi connectivity index (χ2v) is 6.43. The Morgan fingerprint density at radius 1 is 0.852 bits per heavy atom. The minimum atomic E-state index is -0.190. The summed E-state index contributed by atoms with van der Waals surface area (Å²) in [7, 11) is 0. The van der Waals surface area contributed by atoms with Gasteiger partial charge in [0.2, 0.25) is 0 Å². The van der Waals surface area contributed by atoms with E-state index in [-0.39, 0.29) is 5.91 Å². The third-order valence-corrected chi connectivity index (χ3v) is 4.34. The molecule has 0 unspecified atom stereocenters. The Kier molecular flexibility index (Phi) is 4.73. The molecule has 1 heterocycles. The predicted molar refractivity (Wildman–Crippen MR) is 108 cm³/mol. The van der Waals surface area contributed by atoms with Crippen molar-refractivity contribution < 1.29 is 4.79 Å². The number of amides is 1.